The van der Waals surface area contributed by atoms with Crippen LogP contribution in [-0.2, 0) is 9.53 Å². The van der Waals surface area contributed by atoms with Gasteiger partial charge in [0.2, 0.25) is 0 Å². The first-order valence-corrected chi connectivity index (χ1v) is 8.44. The van der Waals surface area contributed by atoms with Crippen molar-refractivity contribution in [3.63, 3.8) is 0 Å². The minimum Gasteiger partial charge on any atom is -0.480 e. The lowest BCUT2D eigenvalue weighted by Crippen LogP contribution is -2.49. The molecular weight excluding hydrogens is 336 g/mol. The molecule has 2 heterocycles. The largest absolute Gasteiger partial charge is 0.480 e. The van der Waals surface area contributed by atoms with Gasteiger partial charge >= 0.3 is 5.97 Å². The van der Waals surface area contributed by atoms with Gasteiger partial charge in [0.25, 0.3) is 5.91 Å². The number of likely N-dealkylation sites (N-methyl/N-ethyl adjacent to an activating group) is 1. The number of rotatable bonds is 6. The van der Waals surface area contributed by atoms with E-state index in [1.54, 1.807) is 33.9 Å². The van der Waals surface area contributed by atoms with Gasteiger partial charge in [0.05, 0.1) is 36.7 Å². The van der Waals surface area contributed by atoms with Crippen LogP contribution in [0.1, 0.15) is 10.4 Å². The molecule has 0 radical (unpaired) electrons. The first-order valence-electron chi connectivity index (χ1n) is 8.44. The van der Waals surface area contributed by atoms with Crippen molar-refractivity contribution in [2.24, 2.45) is 0 Å². The third-order valence-electron chi connectivity index (χ3n) is 4.20. The third-order valence-corrected chi connectivity index (χ3v) is 4.20. The minimum atomic E-state index is -0.885. The van der Waals surface area contributed by atoms with Crippen LogP contribution in [-0.4, -0.2) is 82.5 Å². The monoisotopic (exact) mass is 358 g/mol. The van der Waals surface area contributed by atoms with Gasteiger partial charge in [-0.1, -0.05) is 18.2 Å². The Hall–Kier alpha value is -2.71. The summed E-state index contributed by atoms with van der Waals surface area (Å²) in [6.07, 6.45) is 3.08. The van der Waals surface area contributed by atoms with Gasteiger partial charge in [-0.3, -0.25) is 14.5 Å². The Labute approximate surface area is 151 Å². The van der Waals surface area contributed by atoms with Crippen LogP contribution in [0, 0.1) is 0 Å². The lowest BCUT2D eigenvalue weighted by molar-refractivity contribution is -0.138. The van der Waals surface area contributed by atoms with Crippen LogP contribution in [0.5, 0.6) is 0 Å². The van der Waals surface area contributed by atoms with Crippen LogP contribution < -0.4 is 0 Å². The van der Waals surface area contributed by atoms with Crippen molar-refractivity contribution in [3.05, 3.63) is 48.3 Å². The van der Waals surface area contributed by atoms with E-state index in [4.69, 9.17) is 9.84 Å². The Morgan fingerprint density at radius 2 is 2.12 bits per heavy atom. The normalized spacial score (nSPS) is 17.5. The Morgan fingerprint density at radius 1 is 1.35 bits per heavy atom. The number of carboxylic acids is 1. The van der Waals surface area contributed by atoms with Crippen LogP contribution in [0.4, 0.5) is 0 Å². The minimum absolute atomic E-state index is 0.0579. The van der Waals surface area contributed by atoms with E-state index in [9.17, 15) is 9.59 Å². The number of carboxylic acid groups (broad SMARTS) is 1. The molecule has 0 bridgehead atoms. The molecule has 1 N–H and O–H groups in total. The summed E-state index contributed by atoms with van der Waals surface area (Å²) >= 11 is 0. The molecule has 1 atom stereocenters. The SMILES string of the molecule is CN(CC(=O)O)CC1CN(C(=O)c2cnn(-c3ccccc3)c2)CCO1. The zero-order valence-electron chi connectivity index (χ0n) is 14.6. The Morgan fingerprint density at radius 3 is 2.85 bits per heavy atom. The number of morpholine rings is 1. The number of carbonyl (C=O) groups is 2. The Balaban J connectivity index is 1.62. The van der Waals surface area contributed by atoms with E-state index >= 15 is 0 Å². The summed E-state index contributed by atoms with van der Waals surface area (Å²) in [6, 6.07) is 9.60. The van der Waals surface area contributed by atoms with Crippen LogP contribution in [0.15, 0.2) is 42.7 Å². The topological polar surface area (TPSA) is 87.9 Å². The molecule has 1 aliphatic rings. The number of nitrogens with zero attached hydrogens (tertiary/aromatic N) is 4. The number of ether oxygens (including phenoxy) is 1. The smallest absolute Gasteiger partial charge is 0.317 e. The van der Waals surface area contributed by atoms with Crippen LogP contribution in [0.3, 0.4) is 0 Å². The predicted molar refractivity (Wildman–Crippen MR) is 94.3 cm³/mol. The molecule has 2 aromatic rings. The number of carbonyl (C=O) groups excluding carboxylic acids is 1. The molecule has 1 aromatic heterocycles. The van der Waals surface area contributed by atoms with Gasteiger partial charge in [-0.2, -0.15) is 5.10 Å². The van der Waals surface area contributed by atoms with Crippen molar-refractivity contribution in [2.45, 2.75) is 6.10 Å². The maximum atomic E-state index is 12.8. The first-order chi connectivity index (χ1) is 12.5. The Kier molecular flexibility index (Phi) is 5.65. The zero-order valence-corrected chi connectivity index (χ0v) is 14.6. The van der Waals surface area contributed by atoms with Gasteiger partial charge < -0.3 is 14.7 Å². The molecule has 0 saturated carbocycles. The molecule has 1 fully saturated rings. The molecule has 0 aliphatic carbocycles. The fourth-order valence-electron chi connectivity index (χ4n) is 3.00. The lowest BCUT2D eigenvalue weighted by Gasteiger charge is -2.34. The molecule has 8 heteroatoms. The third kappa shape index (κ3) is 4.47. The van der Waals surface area contributed by atoms with Gasteiger partial charge in [-0.05, 0) is 19.2 Å². The molecule has 1 amide bonds. The van der Waals surface area contributed by atoms with Crippen molar-refractivity contribution in [2.75, 3.05) is 39.8 Å². The van der Waals surface area contributed by atoms with E-state index in [0.717, 1.165) is 5.69 Å². The van der Waals surface area contributed by atoms with Crippen molar-refractivity contribution in [1.29, 1.82) is 0 Å². The summed E-state index contributed by atoms with van der Waals surface area (Å²) < 4.78 is 7.34. The van der Waals surface area contributed by atoms with Crippen molar-refractivity contribution >= 4 is 11.9 Å². The van der Waals surface area contributed by atoms with Crippen LogP contribution in [0.2, 0.25) is 0 Å². The highest BCUT2D eigenvalue weighted by Crippen LogP contribution is 2.13. The summed E-state index contributed by atoms with van der Waals surface area (Å²) in [5.74, 6) is -0.981. The van der Waals surface area contributed by atoms with Gasteiger partial charge in [0.15, 0.2) is 0 Å². The summed E-state index contributed by atoms with van der Waals surface area (Å²) in [6.45, 7) is 1.77. The second kappa shape index (κ2) is 8.11. The zero-order chi connectivity index (χ0) is 18.5. The summed E-state index contributed by atoms with van der Waals surface area (Å²) in [4.78, 5) is 26.9. The molecule has 1 unspecified atom stereocenters. The number of aliphatic carboxylic acids is 1. The highest BCUT2D eigenvalue weighted by Gasteiger charge is 2.27. The average molecular weight is 358 g/mol. The van der Waals surface area contributed by atoms with E-state index in [2.05, 4.69) is 5.10 Å². The fourth-order valence-corrected chi connectivity index (χ4v) is 3.00. The second-order valence-electron chi connectivity index (χ2n) is 6.34. The van der Waals surface area contributed by atoms with Crippen LogP contribution >= 0.6 is 0 Å². The molecular formula is C18H22N4O4. The molecule has 1 saturated heterocycles. The lowest BCUT2D eigenvalue weighted by atomic mass is 10.2. The van der Waals surface area contributed by atoms with Crippen molar-refractivity contribution in [1.82, 2.24) is 19.6 Å². The standard InChI is InChI=1S/C18H22N4O4/c1-20(13-17(23)24)11-16-12-21(7-8-26-16)18(25)14-9-19-22(10-14)15-5-3-2-4-6-15/h2-6,9-10,16H,7-8,11-13H2,1H3,(H,23,24). The van der Waals surface area contributed by atoms with E-state index in [-0.39, 0.29) is 18.6 Å². The van der Waals surface area contributed by atoms with Gasteiger partial charge in [0.1, 0.15) is 0 Å². The number of aromatic nitrogens is 2. The molecule has 26 heavy (non-hydrogen) atoms. The molecule has 1 aromatic carbocycles. The number of para-hydroxylation sites is 1. The quantitative estimate of drug-likeness (QED) is 0.819. The van der Waals surface area contributed by atoms with Crippen molar-refractivity contribution < 1.29 is 19.4 Å². The highest BCUT2D eigenvalue weighted by atomic mass is 16.5. The number of hydrogen-bond donors (Lipinski definition) is 1. The van der Waals surface area contributed by atoms with Gasteiger partial charge in [-0.25, -0.2) is 4.68 Å². The van der Waals surface area contributed by atoms with E-state index in [1.165, 1.54) is 0 Å². The molecule has 0 spiro atoms. The number of amides is 1. The van der Waals surface area contributed by atoms with Gasteiger partial charge in [0, 0.05) is 25.8 Å². The highest BCUT2D eigenvalue weighted by molar-refractivity contribution is 5.93. The summed E-state index contributed by atoms with van der Waals surface area (Å²) in [7, 11) is 1.72. The van der Waals surface area contributed by atoms with Crippen molar-refractivity contribution in [3.8, 4) is 5.69 Å². The van der Waals surface area contributed by atoms with E-state index < -0.39 is 5.97 Å². The van der Waals surface area contributed by atoms with Gasteiger partial charge in [-0.15, -0.1) is 0 Å². The van der Waals surface area contributed by atoms with E-state index in [0.29, 0.717) is 31.8 Å². The van der Waals surface area contributed by atoms with Crippen LogP contribution in [0.25, 0.3) is 5.69 Å². The fraction of sp³-hybridized carbons (Fsp3) is 0.389. The Bertz CT molecular complexity index is 762. The summed E-state index contributed by atoms with van der Waals surface area (Å²) in [5.41, 5.74) is 1.41. The molecule has 3 rings (SSSR count). The molecule has 8 nitrogen and oxygen atoms in total. The number of benzene rings is 1. The predicted octanol–water partition coefficient (Wildman–Crippen LogP) is 0.730. The average Bonchev–Trinajstić information content (AvgIpc) is 3.11. The van der Waals surface area contributed by atoms with E-state index in [1.807, 2.05) is 30.3 Å². The summed E-state index contributed by atoms with van der Waals surface area (Å²) in [5, 5.41) is 13.1. The molecule has 138 valence electrons. The first kappa shape index (κ1) is 18.1. The maximum Gasteiger partial charge on any atom is 0.317 e. The number of hydrogen-bond acceptors (Lipinski definition) is 5. The maximum absolute atomic E-state index is 12.8. The molecule has 1 aliphatic heterocycles. The second-order valence-corrected chi connectivity index (χ2v) is 6.34.